The quantitative estimate of drug-likeness (QED) is 0.0857. The Hall–Kier alpha value is -4.82. The molecular formula is C47H55N5O2. The summed E-state index contributed by atoms with van der Waals surface area (Å²) in [4.78, 5) is 23.7. The van der Waals surface area contributed by atoms with Crippen molar-refractivity contribution in [2.45, 2.75) is 76.5 Å². The molecule has 0 fully saturated rings. The highest BCUT2D eigenvalue weighted by Gasteiger charge is 2.20. The molecule has 2 aliphatic carbocycles. The lowest BCUT2D eigenvalue weighted by Crippen LogP contribution is -2.17. The molecule has 0 unspecified atom stereocenters. The maximum atomic E-state index is 6.04. The molecule has 0 radical (unpaired) electrons. The number of aryl methyl sites for hydroxylation is 2. The van der Waals surface area contributed by atoms with E-state index < -0.39 is 0 Å². The third-order valence-corrected chi connectivity index (χ3v) is 10.7. The Bertz CT molecular complexity index is 2050. The van der Waals surface area contributed by atoms with Crippen LogP contribution >= 0.6 is 0 Å². The van der Waals surface area contributed by atoms with Gasteiger partial charge in [-0.15, -0.1) is 0 Å². The van der Waals surface area contributed by atoms with Crippen LogP contribution in [0.4, 0.5) is 11.4 Å². The molecule has 8 rings (SSSR count). The number of nitrogens with one attached hydrogen (secondary N) is 2. The average Bonchev–Trinajstić information content (AvgIpc) is 3.22. The van der Waals surface area contributed by atoms with Crippen LogP contribution in [0.15, 0.2) is 109 Å². The van der Waals surface area contributed by atoms with E-state index in [4.69, 9.17) is 19.6 Å². The fourth-order valence-electron chi connectivity index (χ4n) is 7.93. The van der Waals surface area contributed by atoms with Crippen molar-refractivity contribution in [1.29, 1.82) is 0 Å². The van der Waals surface area contributed by atoms with Gasteiger partial charge in [0.15, 0.2) is 0 Å². The predicted molar refractivity (Wildman–Crippen MR) is 223 cm³/mol. The summed E-state index contributed by atoms with van der Waals surface area (Å²) < 4.78 is 0. The summed E-state index contributed by atoms with van der Waals surface area (Å²) in [6, 6.07) is 38.3. The molecule has 2 aromatic heterocycles. The molecule has 0 saturated carbocycles. The van der Waals surface area contributed by atoms with Gasteiger partial charge in [-0.1, -0.05) is 97.1 Å². The van der Waals surface area contributed by atoms with Crippen LogP contribution in [0.3, 0.4) is 0 Å². The number of aromatic nitrogens is 2. The van der Waals surface area contributed by atoms with E-state index in [0.29, 0.717) is 19.1 Å². The van der Waals surface area contributed by atoms with E-state index in [1.54, 1.807) is 0 Å². The first-order valence-electron chi connectivity index (χ1n) is 20.0. The van der Waals surface area contributed by atoms with E-state index in [9.17, 15) is 0 Å². The molecule has 0 amide bonds. The van der Waals surface area contributed by atoms with Gasteiger partial charge < -0.3 is 4.90 Å². The summed E-state index contributed by atoms with van der Waals surface area (Å²) in [5, 5.41) is 2.32. The lowest BCUT2D eigenvalue weighted by Gasteiger charge is -2.22. The first-order valence-corrected chi connectivity index (χ1v) is 20.0. The van der Waals surface area contributed by atoms with E-state index in [-0.39, 0.29) is 0 Å². The molecule has 54 heavy (non-hydrogen) atoms. The first kappa shape index (κ1) is 37.5. The molecule has 0 saturated heterocycles. The van der Waals surface area contributed by atoms with Crippen LogP contribution in [0.1, 0.15) is 84.5 Å². The number of pyridine rings is 2. The summed E-state index contributed by atoms with van der Waals surface area (Å²) in [6.45, 7) is 2.42. The molecule has 4 aromatic carbocycles. The maximum absolute atomic E-state index is 6.04. The highest BCUT2D eigenvalue weighted by molar-refractivity contribution is 5.94. The fourth-order valence-corrected chi connectivity index (χ4v) is 7.93. The normalized spacial score (nSPS) is 13.7. The highest BCUT2D eigenvalue weighted by atomic mass is 16.6. The summed E-state index contributed by atoms with van der Waals surface area (Å²) in [5.41, 5.74) is 18.8. The number of hydrogen-bond acceptors (Lipinski definition) is 7. The van der Waals surface area contributed by atoms with Crippen molar-refractivity contribution in [1.82, 2.24) is 14.9 Å². The van der Waals surface area contributed by atoms with Crippen LogP contribution in [-0.2, 0) is 35.4 Å². The monoisotopic (exact) mass is 721 g/mol. The topological polar surface area (TPSA) is 71.5 Å². The van der Waals surface area contributed by atoms with Crippen molar-refractivity contribution < 1.29 is 9.68 Å². The van der Waals surface area contributed by atoms with Crippen LogP contribution in [0, 0.1) is 0 Å². The minimum atomic E-state index is 0.385. The lowest BCUT2D eigenvalue weighted by atomic mass is 9.88. The van der Waals surface area contributed by atoms with E-state index in [1.807, 2.05) is 6.07 Å². The zero-order chi connectivity index (χ0) is 37.0. The third-order valence-electron chi connectivity index (χ3n) is 10.7. The van der Waals surface area contributed by atoms with Gasteiger partial charge in [-0.05, 0) is 126 Å². The predicted octanol–water partition coefficient (Wildman–Crippen LogP) is 10.5. The van der Waals surface area contributed by atoms with E-state index in [2.05, 4.69) is 133 Å². The number of fused-ring (bicyclic) bond motifs is 4. The molecule has 0 bridgehead atoms. The summed E-state index contributed by atoms with van der Waals surface area (Å²) in [7, 11) is 4.17. The van der Waals surface area contributed by atoms with Crippen molar-refractivity contribution in [2.75, 3.05) is 44.8 Å². The largest absolute Gasteiger partial charge is 0.309 e. The lowest BCUT2D eigenvalue weighted by molar-refractivity contribution is 0.180. The first-order chi connectivity index (χ1) is 26.7. The molecule has 2 heterocycles. The number of para-hydroxylation sites is 2. The van der Waals surface area contributed by atoms with Gasteiger partial charge in [0, 0.05) is 28.1 Å². The van der Waals surface area contributed by atoms with Gasteiger partial charge in [0.2, 0.25) is 0 Å². The smallest absolute Gasteiger partial charge is 0.0758 e. The number of anilines is 2. The minimum Gasteiger partial charge on any atom is -0.309 e. The van der Waals surface area contributed by atoms with Gasteiger partial charge in [-0.25, -0.2) is 0 Å². The minimum absolute atomic E-state index is 0.385. The van der Waals surface area contributed by atoms with Crippen LogP contribution in [0.25, 0.3) is 21.8 Å². The van der Waals surface area contributed by atoms with Gasteiger partial charge >= 0.3 is 0 Å². The molecule has 7 heteroatoms. The molecular weight excluding hydrogens is 667 g/mol. The Morgan fingerprint density at radius 2 is 1.00 bits per heavy atom. The Labute approximate surface area is 321 Å². The Morgan fingerprint density at radius 3 is 1.50 bits per heavy atom. The number of hydrogen-bond donors (Lipinski definition) is 2. The zero-order valence-corrected chi connectivity index (χ0v) is 32.0. The molecule has 0 aliphatic heterocycles. The van der Waals surface area contributed by atoms with Gasteiger partial charge in [0.1, 0.15) is 0 Å². The summed E-state index contributed by atoms with van der Waals surface area (Å²) in [6.07, 6.45) is 12.3. The highest BCUT2D eigenvalue weighted by Crippen LogP contribution is 2.35. The number of rotatable bonds is 14. The molecule has 2 aliphatic rings. The van der Waals surface area contributed by atoms with E-state index >= 15 is 0 Å². The van der Waals surface area contributed by atoms with Crippen molar-refractivity contribution in [3.05, 3.63) is 143 Å². The molecule has 0 spiro atoms. The Morgan fingerprint density at radius 1 is 0.556 bits per heavy atom. The van der Waals surface area contributed by atoms with Gasteiger partial charge in [-0.3, -0.25) is 30.6 Å². The van der Waals surface area contributed by atoms with E-state index in [1.165, 1.54) is 59.3 Å². The Balaban J connectivity index is 0.000000179. The molecule has 2 N–H and O–H groups in total. The molecule has 280 valence electrons. The average molecular weight is 722 g/mol. The maximum Gasteiger partial charge on any atom is 0.0758 e. The van der Waals surface area contributed by atoms with Crippen LogP contribution < -0.4 is 11.0 Å². The zero-order valence-electron chi connectivity index (χ0n) is 32.0. The third kappa shape index (κ3) is 9.45. The standard InChI is InChI=1S/C29H30N2O.C18H25N3O/c1-3-12-22(13-4-1)24(23-14-5-2-6-15-23)18-11-21-32-31-29-25-16-7-9-19-27(25)30-28-20-10-8-17-26(28)29;1-21(2)12-7-13-22-20-18-14-8-3-5-10-16(14)19-17-11-6-4-9-15(17)18/h1-7,9,12-16,19,24H,8,10-11,17-18,20-21H2,(H,30,31);3,5,8,10H,4,6-7,9,11-13H2,1-2H3,(H,19,20). The second-order valence-electron chi connectivity index (χ2n) is 14.8. The van der Waals surface area contributed by atoms with Crippen LogP contribution in [0.2, 0.25) is 0 Å². The number of nitrogens with zero attached hydrogens (tertiary/aromatic N) is 3. The van der Waals surface area contributed by atoms with Gasteiger partial charge in [-0.2, -0.15) is 0 Å². The summed E-state index contributed by atoms with van der Waals surface area (Å²) >= 11 is 0. The van der Waals surface area contributed by atoms with Crippen molar-refractivity contribution in [3.63, 3.8) is 0 Å². The van der Waals surface area contributed by atoms with Crippen molar-refractivity contribution >= 4 is 33.2 Å². The van der Waals surface area contributed by atoms with Crippen LogP contribution in [-0.4, -0.2) is 48.7 Å². The van der Waals surface area contributed by atoms with Crippen molar-refractivity contribution in [2.24, 2.45) is 0 Å². The van der Waals surface area contributed by atoms with Gasteiger partial charge in [0.25, 0.3) is 0 Å². The van der Waals surface area contributed by atoms with Gasteiger partial charge in [0.05, 0.1) is 35.6 Å². The SMILES string of the molecule is CN(C)CCCONc1c2c(nc3ccccc13)CCCC2.c1ccc(C(CCCONc2c3c(nc4ccccc24)CCCC3)c2ccccc2)cc1. The second-order valence-corrected chi connectivity index (χ2v) is 14.8. The fraction of sp³-hybridized carbons (Fsp3) is 0.362. The summed E-state index contributed by atoms with van der Waals surface area (Å²) in [5.74, 6) is 0.385. The number of benzene rings is 4. The molecule has 7 nitrogen and oxygen atoms in total. The second kappa shape index (κ2) is 19.0. The Kier molecular flexibility index (Phi) is 13.2. The van der Waals surface area contributed by atoms with Crippen LogP contribution in [0.5, 0.6) is 0 Å². The molecule has 0 atom stereocenters. The molecule has 6 aromatic rings. The van der Waals surface area contributed by atoms with Crippen molar-refractivity contribution in [3.8, 4) is 0 Å². The van der Waals surface area contributed by atoms with E-state index in [0.717, 1.165) is 84.7 Å².